The molecule has 2 N–H and O–H groups in total. The Balaban J connectivity index is 0.00000312. The third kappa shape index (κ3) is 9.67. The highest BCUT2D eigenvalue weighted by atomic mass is 127. The number of halogens is 1. The summed E-state index contributed by atoms with van der Waals surface area (Å²) >= 11 is 1.87. The normalized spacial score (nSPS) is 15.5. The van der Waals surface area contributed by atoms with Crippen LogP contribution in [0.4, 0.5) is 0 Å². The Morgan fingerprint density at radius 1 is 1.20 bits per heavy atom. The Labute approximate surface area is 173 Å². The van der Waals surface area contributed by atoms with Crippen LogP contribution in [0.1, 0.15) is 12.5 Å². The van der Waals surface area contributed by atoms with Crippen molar-refractivity contribution in [3.8, 4) is 0 Å². The number of nitrogens with one attached hydrogen (secondary N) is 2. The number of ether oxygens (including phenoxy) is 1. The summed E-state index contributed by atoms with van der Waals surface area (Å²) in [6.45, 7) is 11.6. The molecule has 25 heavy (non-hydrogen) atoms. The van der Waals surface area contributed by atoms with Crippen molar-refractivity contribution < 1.29 is 4.74 Å². The van der Waals surface area contributed by atoms with E-state index < -0.39 is 0 Å². The van der Waals surface area contributed by atoms with E-state index in [2.05, 4.69) is 58.6 Å². The molecule has 0 atom stereocenters. The van der Waals surface area contributed by atoms with Crippen molar-refractivity contribution in [3.05, 3.63) is 29.8 Å². The third-order valence-electron chi connectivity index (χ3n) is 3.82. The summed E-state index contributed by atoms with van der Waals surface area (Å²) in [5.74, 6) is 1.94. The minimum atomic E-state index is 0. The van der Waals surface area contributed by atoms with Crippen LogP contribution in [0, 0.1) is 6.92 Å². The summed E-state index contributed by atoms with van der Waals surface area (Å²) in [7, 11) is 0. The van der Waals surface area contributed by atoms with Crippen LogP contribution in [0.5, 0.6) is 0 Å². The predicted molar refractivity (Wildman–Crippen MR) is 119 cm³/mol. The standard InChI is InChI=1S/C18H30N4OS.HI/c1-3-19-18(20-8-10-22-11-13-23-14-12-22)21-9-15-24-17-6-4-16(2)5-7-17;/h4-7H,3,8-15H2,1-2H3,(H2,19,20,21);1H. The van der Waals surface area contributed by atoms with Crippen LogP contribution in [0.15, 0.2) is 34.2 Å². The first-order valence-electron chi connectivity index (χ1n) is 8.79. The van der Waals surface area contributed by atoms with Gasteiger partial charge in [0, 0.05) is 43.4 Å². The molecule has 0 aromatic heterocycles. The molecule has 0 amide bonds. The van der Waals surface area contributed by atoms with Crippen molar-refractivity contribution in [3.63, 3.8) is 0 Å². The number of hydrogen-bond acceptors (Lipinski definition) is 4. The summed E-state index contributed by atoms with van der Waals surface area (Å²) < 4.78 is 5.37. The maximum atomic E-state index is 5.37. The van der Waals surface area contributed by atoms with E-state index in [4.69, 9.17) is 4.74 Å². The molecule has 5 nitrogen and oxygen atoms in total. The number of morpholine rings is 1. The van der Waals surface area contributed by atoms with Gasteiger partial charge in [0.05, 0.1) is 19.8 Å². The van der Waals surface area contributed by atoms with Gasteiger partial charge in [0.25, 0.3) is 0 Å². The zero-order valence-corrected chi connectivity index (χ0v) is 18.4. The Kier molecular flexibility index (Phi) is 12.3. The van der Waals surface area contributed by atoms with Gasteiger partial charge in [-0.25, -0.2) is 0 Å². The molecular formula is C18H31IN4OS. The van der Waals surface area contributed by atoms with Crippen LogP contribution in [0.2, 0.25) is 0 Å². The minimum absolute atomic E-state index is 0. The van der Waals surface area contributed by atoms with Crippen LogP contribution in [-0.4, -0.2) is 69.1 Å². The van der Waals surface area contributed by atoms with Gasteiger partial charge >= 0.3 is 0 Å². The summed E-state index contributed by atoms with van der Waals surface area (Å²) in [4.78, 5) is 8.39. The zero-order valence-electron chi connectivity index (χ0n) is 15.3. The van der Waals surface area contributed by atoms with E-state index in [1.165, 1.54) is 10.5 Å². The van der Waals surface area contributed by atoms with E-state index >= 15 is 0 Å². The van der Waals surface area contributed by atoms with E-state index in [1.54, 1.807) is 0 Å². The van der Waals surface area contributed by atoms with Crippen molar-refractivity contribution >= 4 is 41.7 Å². The van der Waals surface area contributed by atoms with Gasteiger partial charge in [-0.3, -0.25) is 9.89 Å². The fraction of sp³-hybridized carbons (Fsp3) is 0.611. The molecule has 1 aliphatic heterocycles. The molecule has 142 valence electrons. The average molecular weight is 478 g/mol. The second kappa shape index (κ2) is 13.7. The summed E-state index contributed by atoms with van der Waals surface area (Å²) in [5.41, 5.74) is 1.30. The molecule has 1 fully saturated rings. The number of aliphatic imine (C=N–C) groups is 1. The first-order chi connectivity index (χ1) is 11.8. The molecule has 0 aliphatic carbocycles. The van der Waals surface area contributed by atoms with Gasteiger partial charge in [0.2, 0.25) is 0 Å². The van der Waals surface area contributed by atoms with Crippen molar-refractivity contribution in [2.75, 3.05) is 58.2 Å². The maximum absolute atomic E-state index is 5.37. The molecule has 0 spiro atoms. The predicted octanol–water partition coefficient (Wildman–Crippen LogP) is 2.59. The topological polar surface area (TPSA) is 48.9 Å². The number of rotatable bonds is 8. The van der Waals surface area contributed by atoms with Gasteiger partial charge in [-0.05, 0) is 26.0 Å². The SMILES string of the molecule is CCNC(=NCCN1CCOCC1)NCCSc1ccc(C)cc1.I. The van der Waals surface area contributed by atoms with Gasteiger partial charge < -0.3 is 15.4 Å². The van der Waals surface area contributed by atoms with Crippen LogP contribution < -0.4 is 10.6 Å². The molecule has 0 bridgehead atoms. The fourth-order valence-electron chi connectivity index (χ4n) is 2.44. The highest BCUT2D eigenvalue weighted by molar-refractivity contribution is 14.0. The van der Waals surface area contributed by atoms with E-state index in [-0.39, 0.29) is 24.0 Å². The maximum Gasteiger partial charge on any atom is 0.191 e. The molecule has 1 aliphatic rings. The molecule has 1 aromatic carbocycles. The smallest absolute Gasteiger partial charge is 0.191 e. The first kappa shape index (κ1) is 22.5. The highest BCUT2D eigenvalue weighted by Gasteiger charge is 2.09. The van der Waals surface area contributed by atoms with Gasteiger partial charge in [-0.1, -0.05) is 17.7 Å². The molecule has 2 rings (SSSR count). The first-order valence-corrected chi connectivity index (χ1v) is 9.78. The van der Waals surface area contributed by atoms with Gasteiger partial charge in [-0.15, -0.1) is 35.7 Å². The highest BCUT2D eigenvalue weighted by Crippen LogP contribution is 2.17. The van der Waals surface area contributed by atoms with Crippen LogP contribution in [0.25, 0.3) is 0 Å². The second-order valence-electron chi connectivity index (χ2n) is 5.80. The summed E-state index contributed by atoms with van der Waals surface area (Å²) in [6, 6.07) is 8.68. The second-order valence-corrected chi connectivity index (χ2v) is 6.97. The van der Waals surface area contributed by atoms with E-state index in [0.717, 1.165) is 64.2 Å². The van der Waals surface area contributed by atoms with E-state index in [0.29, 0.717) is 0 Å². The number of benzene rings is 1. The number of thioether (sulfide) groups is 1. The van der Waals surface area contributed by atoms with Gasteiger partial charge in [-0.2, -0.15) is 0 Å². The van der Waals surface area contributed by atoms with Crippen LogP contribution in [-0.2, 0) is 4.74 Å². The Hall–Kier alpha value is -0.510. The molecular weight excluding hydrogens is 447 g/mol. The molecule has 7 heteroatoms. The molecule has 1 aromatic rings. The molecule has 0 unspecified atom stereocenters. The van der Waals surface area contributed by atoms with Crippen molar-refractivity contribution in [1.82, 2.24) is 15.5 Å². The molecule has 1 saturated heterocycles. The van der Waals surface area contributed by atoms with Crippen molar-refractivity contribution in [2.24, 2.45) is 4.99 Å². The Morgan fingerprint density at radius 2 is 1.92 bits per heavy atom. The monoisotopic (exact) mass is 478 g/mol. The Morgan fingerprint density at radius 3 is 2.60 bits per heavy atom. The number of guanidine groups is 1. The average Bonchev–Trinajstić information content (AvgIpc) is 2.61. The third-order valence-corrected chi connectivity index (χ3v) is 4.83. The minimum Gasteiger partial charge on any atom is -0.379 e. The lowest BCUT2D eigenvalue weighted by atomic mass is 10.2. The fourth-order valence-corrected chi connectivity index (χ4v) is 3.21. The van der Waals surface area contributed by atoms with Gasteiger partial charge in [0.15, 0.2) is 5.96 Å². The molecule has 1 heterocycles. The Bertz CT molecular complexity index is 492. The number of nitrogens with zero attached hydrogens (tertiary/aromatic N) is 2. The summed E-state index contributed by atoms with van der Waals surface area (Å²) in [6.07, 6.45) is 0. The number of hydrogen-bond donors (Lipinski definition) is 2. The molecule has 0 radical (unpaired) electrons. The van der Waals surface area contributed by atoms with Gasteiger partial charge in [0.1, 0.15) is 0 Å². The zero-order chi connectivity index (χ0) is 17.0. The lowest BCUT2D eigenvalue weighted by Crippen LogP contribution is -2.40. The number of aryl methyl sites for hydroxylation is 1. The van der Waals surface area contributed by atoms with E-state index in [9.17, 15) is 0 Å². The largest absolute Gasteiger partial charge is 0.379 e. The lowest BCUT2D eigenvalue weighted by molar-refractivity contribution is 0.0394. The van der Waals surface area contributed by atoms with Crippen molar-refractivity contribution in [2.45, 2.75) is 18.7 Å². The van der Waals surface area contributed by atoms with Crippen LogP contribution in [0.3, 0.4) is 0 Å². The lowest BCUT2D eigenvalue weighted by Gasteiger charge is -2.25. The molecule has 0 saturated carbocycles. The van der Waals surface area contributed by atoms with E-state index in [1.807, 2.05) is 11.8 Å². The quantitative estimate of drug-likeness (QED) is 0.198. The summed E-state index contributed by atoms with van der Waals surface area (Å²) in [5, 5.41) is 6.73. The van der Waals surface area contributed by atoms with Crippen LogP contribution >= 0.6 is 35.7 Å². The van der Waals surface area contributed by atoms with Crippen molar-refractivity contribution in [1.29, 1.82) is 0 Å².